The smallest absolute Gasteiger partial charge is 0.410 e. The number of hydrogen-bond donors (Lipinski definition) is 1. The van der Waals surface area contributed by atoms with Crippen molar-refractivity contribution in [1.82, 2.24) is 19.4 Å². The SMILES string of the molecule is CC(C)(C)OC(=O)N1CCC[C@@H](Nc2c(-c3ccc(S(C)(=O)=O)cn3)cnc3c2ccn3COCC[Si](C)(C)C)C1. The van der Waals surface area contributed by atoms with Crippen LogP contribution in [-0.2, 0) is 26.0 Å². The molecule has 1 aliphatic rings. The zero-order chi connectivity index (χ0) is 30.0. The van der Waals surface area contributed by atoms with Crippen molar-refractivity contribution in [3.63, 3.8) is 0 Å². The number of hydrogen-bond acceptors (Lipinski definition) is 8. The van der Waals surface area contributed by atoms with Crippen molar-refractivity contribution in [3.05, 3.63) is 36.8 Å². The van der Waals surface area contributed by atoms with Gasteiger partial charge in [0.25, 0.3) is 0 Å². The quantitative estimate of drug-likeness (QED) is 0.248. The fraction of sp³-hybridized carbons (Fsp3) is 0.552. The molecule has 41 heavy (non-hydrogen) atoms. The van der Waals surface area contributed by atoms with E-state index in [2.05, 4.69) is 29.9 Å². The Morgan fingerprint density at radius 1 is 1.15 bits per heavy atom. The van der Waals surface area contributed by atoms with Gasteiger partial charge in [-0.3, -0.25) is 4.98 Å². The Morgan fingerprint density at radius 2 is 1.90 bits per heavy atom. The average molecular weight is 602 g/mol. The van der Waals surface area contributed by atoms with Gasteiger partial charge in [0.2, 0.25) is 0 Å². The molecular formula is C29H43N5O5SSi. The fourth-order valence-electron chi connectivity index (χ4n) is 4.68. The van der Waals surface area contributed by atoms with E-state index in [0.717, 1.165) is 47.4 Å². The number of sulfone groups is 1. The zero-order valence-corrected chi connectivity index (χ0v) is 27.0. The van der Waals surface area contributed by atoms with E-state index in [9.17, 15) is 13.2 Å². The molecule has 3 aromatic rings. The molecule has 1 saturated heterocycles. The number of nitrogens with one attached hydrogen (secondary N) is 1. The average Bonchev–Trinajstić information content (AvgIpc) is 3.28. The van der Waals surface area contributed by atoms with Gasteiger partial charge in [0.15, 0.2) is 9.84 Å². The number of carbonyl (C=O) groups excluding carboxylic acids is 1. The first kappa shape index (κ1) is 31.0. The highest BCUT2D eigenvalue weighted by atomic mass is 32.2. The molecule has 0 unspecified atom stereocenters. The monoisotopic (exact) mass is 601 g/mol. The number of nitrogens with zero attached hydrogens (tertiary/aromatic N) is 4. The molecule has 0 aromatic carbocycles. The summed E-state index contributed by atoms with van der Waals surface area (Å²) in [6.07, 6.45) is 7.68. The van der Waals surface area contributed by atoms with Gasteiger partial charge in [-0.1, -0.05) is 19.6 Å². The Kier molecular flexibility index (Phi) is 9.15. The minimum absolute atomic E-state index is 0.0211. The Labute approximate surface area is 244 Å². The number of anilines is 1. The predicted molar refractivity (Wildman–Crippen MR) is 165 cm³/mol. The largest absolute Gasteiger partial charge is 0.444 e. The van der Waals surface area contributed by atoms with E-state index in [4.69, 9.17) is 14.5 Å². The summed E-state index contributed by atoms with van der Waals surface area (Å²) in [6, 6.07) is 6.34. The first-order chi connectivity index (χ1) is 19.1. The summed E-state index contributed by atoms with van der Waals surface area (Å²) in [7, 11) is -4.57. The van der Waals surface area contributed by atoms with Crippen molar-refractivity contribution in [2.75, 3.05) is 31.3 Å². The molecule has 10 nitrogen and oxygen atoms in total. The molecule has 0 bridgehead atoms. The van der Waals surface area contributed by atoms with E-state index in [1.165, 1.54) is 6.20 Å². The van der Waals surface area contributed by atoms with Crippen LogP contribution in [0, 0.1) is 0 Å². The number of fused-ring (bicyclic) bond motifs is 1. The molecule has 1 atom stereocenters. The van der Waals surface area contributed by atoms with Crippen molar-refractivity contribution in [2.24, 2.45) is 0 Å². The second-order valence-corrected chi connectivity index (χ2v) is 20.6. The maximum atomic E-state index is 12.8. The highest BCUT2D eigenvalue weighted by Gasteiger charge is 2.29. The molecule has 0 spiro atoms. The highest BCUT2D eigenvalue weighted by Crippen LogP contribution is 2.35. The Morgan fingerprint density at radius 3 is 2.54 bits per heavy atom. The molecule has 1 fully saturated rings. The van der Waals surface area contributed by atoms with Crippen LogP contribution in [0.15, 0.2) is 41.7 Å². The van der Waals surface area contributed by atoms with Crippen molar-refractivity contribution < 1.29 is 22.7 Å². The van der Waals surface area contributed by atoms with Gasteiger partial charge < -0.3 is 24.3 Å². The van der Waals surface area contributed by atoms with E-state index in [0.29, 0.717) is 32.1 Å². The summed E-state index contributed by atoms with van der Waals surface area (Å²) < 4.78 is 37.6. The lowest BCUT2D eigenvalue weighted by molar-refractivity contribution is 0.0206. The lowest BCUT2D eigenvalue weighted by atomic mass is 10.0. The van der Waals surface area contributed by atoms with E-state index in [-0.39, 0.29) is 17.0 Å². The fourth-order valence-corrected chi connectivity index (χ4v) is 6.00. The van der Waals surface area contributed by atoms with E-state index in [1.807, 2.05) is 37.6 Å². The maximum absolute atomic E-state index is 12.8. The van der Waals surface area contributed by atoms with Gasteiger partial charge in [-0.15, -0.1) is 0 Å². The maximum Gasteiger partial charge on any atom is 0.410 e. The van der Waals surface area contributed by atoms with Gasteiger partial charge in [-0.05, 0) is 57.9 Å². The van der Waals surface area contributed by atoms with Crippen LogP contribution in [-0.4, -0.2) is 79.6 Å². The molecule has 0 radical (unpaired) electrons. The molecule has 224 valence electrons. The summed E-state index contributed by atoms with van der Waals surface area (Å²) in [6.45, 7) is 14.8. The zero-order valence-electron chi connectivity index (χ0n) is 25.2. The van der Waals surface area contributed by atoms with Crippen LogP contribution in [0.1, 0.15) is 33.6 Å². The Bertz CT molecular complexity index is 1480. The first-order valence-electron chi connectivity index (χ1n) is 14.1. The summed E-state index contributed by atoms with van der Waals surface area (Å²) in [4.78, 5) is 24.0. The normalized spacial score (nSPS) is 16.7. The number of rotatable bonds is 9. The molecule has 0 aliphatic carbocycles. The minimum Gasteiger partial charge on any atom is -0.444 e. The first-order valence-corrected chi connectivity index (χ1v) is 19.7. The number of amides is 1. The summed E-state index contributed by atoms with van der Waals surface area (Å²) >= 11 is 0. The predicted octanol–water partition coefficient (Wildman–Crippen LogP) is 5.63. The molecular weight excluding hydrogens is 559 g/mol. The number of aromatic nitrogens is 3. The summed E-state index contributed by atoms with van der Waals surface area (Å²) in [5, 5.41) is 4.59. The van der Waals surface area contributed by atoms with Crippen LogP contribution in [0.25, 0.3) is 22.3 Å². The van der Waals surface area contributed by atoms with Crippen molar-refractivity contribution in [2.45, 2.75) is 82.6 Å². The van der Waals surface area contributed by atoms with E-state index >= 15 is 0 Å². The standard InChI is InChI=1S/C29H43N5O5SSi/c1-29(2,3)39-28(35)33-13-8-9-21(19-33)32-26-23-12-14-34(20-38-15-16-41(5,6)7)27(23)31-18-24(26)25-11-10-22(17-30-25)40(4,36)37/h10-12,14,17-18,21H,8-9,13,15-16,19-20H2,1-7H3,(H,31,32)/t21-/m1/s1. The third kappa shape index (κ3) is 8.29. The van der Waals surface area contributed by atoms with Crippen molar-refractivity contribution >= 4 is 40.7 Å². The second-order valence-electron chi connectivity index (χ2n) is 13.0. The molecule has 1 amide bonds. The van der Waals surface area contributed by atoms with Crippen LogP contribution in [0.5, 0.6) is 0 Å². The van der Waals surface area contributed by atoms with Gasteiger partial charge in [-0.25, -0.2) is 18.2 Å². The minimum atomic E-state index is -3.37. The van der Waals surface area contributed by atoms with Crippen LogP contribution < -0.4 is 5.32 Å². The third-order valence-electron chi connectivity index (χ3n) is 6.88. The van der Waals surface area contributed by atoms with Gasteiger partial charge in [0.05, 0.1) is 16.3 Å². The number of piperidine rings is 1. The topological polar surface area (TPSA) is 116 Å². The molecule has 4 rings (SSSR count). The Hall–Kier alpha value is -2.96. The number of ether oxygens (including phenoxy) is 2. The van der Waals surface area contributed by atoms with Gasteiger partial charge in [0.1, 0.15) is 18.0 Å². The van der Waals surface area contributed by atoms with Crippen LogP contribution in [0.2, 0.25) is 25.7 Å². The number of likely N-dealkylation sites (tertiary alicyclic amines) is 1. The van der Waals surface area contributed by atoms with E-state index in [1.54, 1.807) is 23.2 Å². The second kappa shape index (κ2) is 12.1. The number of carbonyl (C=O) groups is 1. The summed E-state index contributed by atoms with van der Waals surface area (Å²) in [5.41, 5.74) is 2.41. The van der Waals surface area contributed by atoms with Gasteiger partial charge in [-0.2, -0.15) is 0 Å². The summed E-state index contributed by atoms with van der Waals surface area (Å²) in [5.74, 6) is 0. The lowest BCUT2D eigenvalue weighted by Crippen LogP contribution is -2.47. The molecule has 4 heterocycles. The van der Waals surface area contributed by atoms with Crippen LogP contribution in [0.4, 0.5) is 10.5 Å². The molecule has 0 saturated carbocycles. The van der Waals surface area contributed by atoms with Crippen molar-refractivity contribution in [3.8, 4) is 11.3 Å². The van der Waals surface area contributed by atoms with Gasteiger partial charge >= 0.3 is 6.09 Å². The van der Waals surface area contributed by atoms with Crippen LogP contribution in [0.3, 0.4) is 0 Å². The number of pyridine rings is 2. The lowest BCUT2D eigenvalue weighted by Gasteiger charge is -2.35. The third-order valence-corrected chi connectivity index (χ3v) is 9.68. The molecule has 1 aliphatic heterocycles. The molecule has 12 heteroatoms. The molecule has 1 N–H and O–H groups in total. The molecule has 3 aromatic heterocycles. The Balaban J connectivity index is 1.65. The van der Waals surface area contributed by atoms with Crippen LogP contribution >= 0.6 is 0 Å². The van der Waals surface area contributed by atoms with Gasteiger partial charge in [0, 0.05) is 69.6 Å². The van der Waals surface area contributed by atoms with E-state index < -0.39 is 23.5 Å². The highest BCUT2D eigenvalue weighted by molar-refractivity contribution is 7.90. The van der Waals surface area contributed by atoms with Crippen molar-refractivity contribution in [1.29, 1.82) is 0 Å².